The fourth-order valence-electron chi connectivity index (χ4n) is 3.14. The van der Waals surface area contributed by atoms with Crippen molar-refractivity contribution in [1.82, 2.24) is 9.55 Å². The molecule has 2 aromatic carbocycles. The molecule has 2 heterocycles. The molecule has 4 rings (SSSR count). The average Bonchev–Trinajstić information content (AvgIpc) is 3.29. The lowest BCUT2D eigenvalue weighted by atomic mass is 10.1. The number of ketones is 1. The monoisotopic (exact) mass is 420 g/mol. The Balaban J connectivity index is 1.69. The summed E-state index contributed by atoms with van der Waals surface area (Å²) in [6, 6.07) is 17.8. The third-order valence-corrected chi connectivity index (χ3v) is 5.84. The molecule has 0 fully saturated rings. The van der Waals surface area contributed by atoms with Gasteiger partial charge in [0.1, 0.15) is 11.5 Å². The van der Waals surface area contributed by atoms with Crippen LogP contribution in [0.25, 0.3) is 10.9 Å². The standard InChI is InChI=1S/C23H20N2O4S/c1-15(21(26)16-9-11-17(28-2)12-10-16)30-23-24-20-8-4-3-7-19(20)22(27)25(23)14-18-6-5-13-29-18/h3-13,15H,14H2,1-2H3. The molecule has 0 spiro atoms. The van der Waals surface area contributed by atoms with Gasteiger partial charge in [0.15, 0.2) is 10.9 Å². The highest BCUT2D eigenvalue weighted by Crippen LogP contribution is 2.26. The van der Waals surface area contributed by atoms with Crippen LogP contribution in [0.3, 0.4) is 0 Å². The summed E-state index contributed by atoms with van der Waals surface area (Å²) in [5.41, 5.74) is 1.02. The van der Waals surface area contributed by atoms with E-state index in [-0.39, 0.29) is 17.9 Å². The van der Waals surface area contributed by atoms with E-state index in [2.05, 4.69) is 4.98 Å². The van der Waals surface area contributed by atoms with Gasteiger partial charge >= 0.3 is 0 Å². The van der Waals surface area contributed by atoms with Gasteiger partial charge in [-0.25, -0.2) is 4.98 Å². The Kier molecular flexibility index (Phi) is 5.72. The molecule has 6 nitrogen and oxygen atoms in total. The van der Waals surface area contributed by atoms with Crippen LogP contribution in [-0.2, 0) is 6.54 Å². The van der Waals surface area contributed by atoms with Gasteiger partial charge in [0, 0.05) is 5.56 Å². The van der Waals surface area contributed by atoms with Crippen LogP contribution in [0.1, 0.15) is 23.0 Å². The van der Waals surface area contributed by atoms with E-state index in [1.165, 1.54) is 11.8 Å². The predicted molar refractivity (Wildman–Crippen MR) is 116 cm³/mol. The average molecular weight is 420 g/mol. The number of hydrogen-bond donors (Lipinski definition) is 0. The highest BCUT2D eigenvalue weighted by atomic mass is 32.2. The molecule has 0 saturated carbocycles. The van der Waals surface area contributed by atoms with E-state index in [4.69, 9.17) is 9.15 Å². The van der Waals surface area contributed by atoms with Gasteiger partial charge in [-0.2, -0.15) is 0 Å². The molecule has 0 aliphatic rings. The molecule has 0 bridgehead atoms. The molecule has 1 atom stereocenters. The number of thioether (sulfide) groups is 1. The lowest BCUT2D eigenvalue weighted by Gasteiger charge is -2.15. The van der Waals surface area contributed by atoms with Crippen LogP contribution in [0.15, 0.2) is 81.3 Å². The summed E-state index contributed by atoms with van der Waals surface area (Å²) in [5.74, 6) is 1.29. The lowest BCUT2D eigenvalue weighted by molar-refractivity contribution is 0.0994. The van der Waals surface area contributed by atoms with Crippen molar-refractivity contribution >= 4 is 28.4 Å². The molecule has 0 radical (unpaired) electrons. The molecule has 7 heteroatoms. The van der Waals surface area contributed by atoms with Gasteiger partial charge in [0.25, 0.3) is 5.56 Å². The number of ether oxygens (including phenoxy) is 1. The van der Waals surface area contributed by atoms with Crippen LogP contribution in [0, 0.1) is 0 Å². The van der Waals surface area contributed by atoms with Crippen molar-refractivity contribution in [3.8, 4) is 5.75 Å². The van der Waals surface area contributed by atoms with Crippen LogP contribution >= 0.6 is 11.8 Å². The number of nitrogens with zero attached hydrogens (tertiary/aromatic N) is 2. The maximum Gasteiger partial charge on any atom is 0.262 e. The first-order chi connectivity index (χ1) is 14.6. The zero-order chi connectivity index (χ0) is 21.1. The summed E-state index contributed by atoms with van der Waals surface area (Å²) in [6.07, 6.45) is 1.57. The molecule has 2 aromatic heterocycles. The first-order valence-electron chi connectivity index (χ1n) is 9.43. The minimum Gasteiger partial charge on any atom is -0.497 e. The van der Waals surface area contributed by atoms with Gasteiger partial charge in [-0.15, -0.1) is 0 Å². The zero-order valence-electron chi connectivity index (χ0n) is 16.6. The van der Waals surface area contributed by atoms with Gasteiger partial charge in [-0.05, 0) is 55.5 Å². The van der Waals surface area contributed by atoms with E-state index in [1.807, 2.05) is 25.1 Å². The second-order valence-corrected chi connectivity index (χ2v) is 8.04. The van der Waals surface area contributed by atoms with E-state index in [1.54, 1.807) is 60.4 Å². The number of aromatic nitrogens is 2. The number of methoxy groups -OCH3 is 1. The predicted octanol–water partition coefficient (Wildman–Crippen LogP) is 4.41. The normalized spacial score (nSPS) is 12.1. The van der Waals surface area contributed by atoms with E-state index < -0.39 is 5.25 Å². The molecule has 0 N–H and O–H groups in total. The van der Waals surface area contributed by atoms with E-state index in [0.29, 0.717) is 33.1 Å². The Morgan fingerprint density at radius 3 is 2.60 bits per heavy atom. The fraction of sp³-hybridized carbons (Fsp3) is 0.174. The van der Waals surface area contributed by atoms with Gasteiger partial charge in [0.05, 0.1) is 36.1 Å². The molecule has 152 valence electrons. The number of rotatable bonds is 7. The summed E-state index contributed by atoms with van der Waals surface area (Å²) < 4.78 is 12.1. The maximum atomic E-state index is 13.1. The number of hydrogen-bond acceptors (Lipinski definition) is 6. The Morgan fingerprint density at radius 1 is 1.13 bits per heavy atom. The third-order valence-electron chi connectivity index (χ3n) is 4.75. The number of para-hydroxylation sites is 1. The second kappa shape index (κ2) is 8.59. The summed E-state index contributed by atoms with van der Waals surface area (Å²) in [4.78, 5) is 30.7. The van der Waals surface area contributed by atoms with Crippen LogP contribution in [0.5, 0.6) is 5.75 Å². The fourth-order valence-corrected chi connectivity index (χ4v) is 4.12. The van der Waals surface area contributed by atoms with Crippen molar-refractivity contribution in [2.45, 2.75) is 23.9 Å². The Hall–Kier alpha value is -3.32. The van der Waals surface area contributed by atoms with Crippen LogP contribution < -0.4 is 10.3 Å². The molecule has 4 aromatic rings. The second-order valence-electron chi connectivity index (χ2n) is 6.74. The SMILES string of the molecule is COc1ccc(C(=O)C(C)Sc2nc3ccccc3c(=O)n2Cc2ccco2)cc1. The first-order valence-corrected chi connectivity index (χ1v) is 10.3. The van der Waals surface area contributed by atoms with Crippen LogP contribution in [-0.4, -0.2) is 27.7 Å². The molecule has 0 saturated heterocycles. The quantitative estimate of drug-likeness (QED) is 0.250. The molecule has 0 aliphatic carbocycles. The summed E-state index contributed by atoms with van der Waals surface area (Å²) in [5, 5.41) is 0.571. The minimum atomic E-state index is -0.436. The first kappa shape index (κ1) is 20.0. The molecular weight excluding hydrogens is 400 g/mol. The maximum absolute atomic E-state index is 13.1. The van der Waals surface area contributed by atoms with E-state index >= 15 is 0 Å². The molecule has 0 amide bonds. The van der Waals surface area contributed by atoms with Gasteiger partial charge in [-0.3, -0.25) is 14.2 Å². The van der Waals surface area contributed by atoms with Crippen LogP contribution in [0.4, 0.5) is 0 Å². The van der Waals surface area contributed by atoms with Crippen LogP contribution in [0.2, 0.25) is 0 Å². The number of fused-ring (bicyclic) bond motifs is 1. The largest absolute Gasteiger partial charge is 0.497 e. The Labute approximate surface area is 177 Å². The van der Waals surface area contributed by atoms with E-state index in [9.17, 15) is 9.59 Å². The summed E-state index contributed by atoms with van der Waals surface area (Å²) in [7, 11) is 1.58. The number of Topliss-reactive ketones (excluding diaryl/α,β-unsaturated/α-hetero) is 1. The molecule has 0 aliphatic heterocycles. The number of furan rings is 1. The minimum absolute atomic E-state index is 0.0467. The van der Waals surface area contributed by atoms with Crippen molar-refractivity contribution in [3.05, 3.63) is 88.6 Å². The number of benzene rings is 2. The Morgan fingerprint density at radius 2 is 1.90 bits per heavy atom. The Bertz CT molecular complexity index is 1230. The van der Waals surface area contributed by atoms with Gasteiger partial charge < -0.3 is 9.15 Å². The smallest absolute Gasteiger partial charge is 0.262 e. The number of carbonyl (C=O) groups excluding carboxylic acids is 1. The van der Waals surface area contributed by atoms with Crippen molar-refractivity contribution < 1.29 is 13.9 Å². The topological polar surface area (TPSA) is 74.3 Å². The van der Waals surface area contributed by atoms with Crippen molar-refractivity contribution in [2.75, 3.05) is 7.11 Å². The summed E-state index contributed by atoms with van der Waals surface area (Å²) in [6.45, 7) is 2.06. The third kappa shape index (κ3) is 4.02. The lowest BCUT2D eigenvalue weighted by Crippen LogP contribution is -2.25. The molecule has 1 unspecified atom stereocenters. The summed E-state index contributed by atoms with van der Waals surface area (Å²) >= 11 is 1.26. The highest BCUT2D eigenvalue weighted by Gasteiger charge is 2.21. The van der Waals surface area contributed by atoms with Gasteiger partial charge in [-0.1, -0.05) is 23.9 Å². The van der Waals surface area contributed by atoms with Crippen molar-refractivity contribution in [2.24, 2.45) is 0 Å². The van der Waals surface area contributed by atoms with Crippen molar-refractivity contribution in [1.29, 1.82) is 0 Å². The molecular formula is C23H20N2O4S. The van der Waals surface area contributed by atoms with E-state index in [0.717, 1.165) is 0 Å². The number of carbonyl (C=O) groups is 1. The molecule has 30 heavy (non-hydrogen) atoms. The highest BCUT2D eigenvalue weighted by molar-refractivity contribution is 8.00. The van der Waals surface area contributed by atoms with Crippen molar-refractivity contribution in [3.63, 3.8) is 0 Å². The van der Waals surface area contributed by atoms with Gasteiger partial charge in [0.2, 0.25) is 0 Å². The zero-order valence-corrected chi connectivity index (χ0v) is 17.4.